The molecule has 3 aromatic rings. The Labute approximate surface area is 179 Å². The molecule has 0 aromatic heterocycles. The van der Waals surface area contributed by atoms with Crippen LogP contribution in [0.4, 0.5) is 0 Å². The van der Waals surface area contributed by atoms with E-state index in [-0.39, 0.29) is 6.23 Å². The van der Waals surface area contributed by atoms with Crippen molar-refractivity contribution in [3.8, 4) is 5.75 Å². The summed E-state index contributed by atoms with van der Waals surface area (Å²) in [6.07, 6.45) is 9.88. The van der Waals surface area contributed by atoms with Gasteiger partial charge in [-0.05, 0) is 90.6 Å². The fraction of sp³-hybridized carbons (Fsp3) is 0.357. The topological polar surface area (TPSA) is 12.5 Å². The zero-order valence-corrected chi connectivity index (χ0v) is 17.7. The molecule has 2 bridgehead atoms. The van der Waals surface area contributed by atoms with Crippen LogP contribution in [0.1, 0.15) is 49.3 Å². The molecule has 0 spiro atoms. The molecule has 3 atom stereocenters. The molecular formula is C28H29NO. The van der Waals surface area contributed by atoms with E-state index in [1.165, 1.54) is 58.7 Å². The van der Waals surface area contributed by atoms with Crippen LogP contribution in [0.15, 0.2) is 66.7 Å². The molecule has 30 heavy (non-hydrogen) atoms. The average Bonchev–Trinajstić information content (AvgIpc) is 3.36. The summed E-state index contributed by atoms with van der Waals surface area (Å²) in [4.78, 5) is 2.62. The molecule has 6 rings (SSSR count). The second-order valence-corrected chi connectivity index (χ2v) is 9.17. The third-order valence-corrected chi connectivity index (χ3v) is 7.39. The minimum atomic E-state index is 0.115. The number of ether oxygens (including phenoxy) is 1. The van der Waals surface area contributed by atoms with E-state index in [1.807, 2.05) is 0 Å². The predicted octanol–water partition coefficient (Wildman–Crippen LogP) is 6.37. The Morgan fingerprint density at radius 2 is 1.83 bits per heavy atom. The van der Waals surface area contributed by atoms with Crippen LogP contribution in [0, 0.1) is 0 Å². The number of aryl methyl sites for hydroxylation is 1. The number of rotatable bonds is 4. The number of hydrogen-bond acceptors (Lipinski definition) is 2. The first kappa shape index (κ1) is 18.2. The summed E-state index contributed by atoms with van der Waals surface area (Å²) < 4.78 is 6.57. The van der Waals surface area contributed by atoms with Crippen LogP contribution in [-0.2, 0) is 12.8 Å². The SMILES string of the molecule is CC(Oc1cccc2c1CCC2)N1C2C=C(c3ccc4ccccc4c3)CC1CC2. The molecule has 2 nitrogen and oxygen atoms in total. The first-order valence-corrected chi connectivity index (χ1v) is 11.5. The smallest absolute Gasteiger partial charge is 0.150 e. The second-order valence-electron chi connectivity index (χ2n) is 9.17. The summed E-state index contributed by atoms with van der Waals surface area (Å²) in [5.74, 6) is 1.11. The van der Waals surface area contributed by atoms with Gasteiger partial charge in [-0.1, -0.05) is 54.6 Å². The number of benzene rings is 3. The minimum Gasteiger partial charge on any atom is -0.475 e. The van der Waals surface area contributed by atoms with Crippen LogP contribution in [0.25, 0.3) is 16.3 Å². The van der Waals surface area contributed by atoms with Gasteiger partial charge in [0, 0.05) is 12.1 Å². The summed E-state index contributed by atoms with van der Waals surface area (Å²) in [5, 5.41) is 2.65. The third-order valence-electron chi connectivity index (χ3n) is 7.39. The maximum Gasteiger partial charge on any atom is 0.150 e. The first-order valence-electron chi connectivity index (χ1n) is 11.5. The lowest BCUT2D eigenvalue weighted by Gasteiger charge is -2.38. The van der Waals surface area contributed by atoms with Gasteiger partial charge >= 0.3 is 0 Å². The molecule has 0 radical (unpaired) electrons. The van der Waals surface area contributed by atoms with E-state index in [9.17, 15) is 0 Å². The van der Waals surface area contributed by atoms with E-state index in [0.717, 1.165) is 18.6 Å². The lowest BCUT2D eigenvalue weighted by Crippen LogP contribution is -2.47. The molecule has 2 heterocycles. The van der Waals surface area contributed by atoms with Crippen LogP contribution in [0.5, 0.6) is 5.75 Å². The molecule has 1 aliphatic carbocycles. The molecule has 3 aromatic carbocycles. The number of fused-ring (bicyclic) bond motifs is 4. The first-order chi connectivity index (χ1) is 14.8. The third kappa shape index (κ3) is 3.06. The molecule has 1 fully saturated rings. The summed E-state index contributed by atoms with van der Waals surface area (Å²) in [7, 11) is 0. The van der Waals surface area contributed by atoms with E-state index < -0.39 is 0 Å². The van der Waals surface area contributed by atoms with Crippen LogP contribution in [-0.4, -0.2) is 23.2 Å². The van der Waals surface area contributed by atoms with Gasteiger partial charge in [0.1, 0.15) is 5.75 Å². The molecule has 1 saturated heterocycles. The molecule has 0 amide bonds. The van der Waals surface area contributed by atoms with E-state index >= 15 is 0 Å². The minimum absolute atomic E-state index is 0.115. The van der Waals surface area contributed by atoms with Gasteiger partial charge in [-0.25, -0.2) is 0 Å². The monoisotopic (exact) mass is 395 g/mol. The number of nitrogens with zero attached hydrogens (tertiary/aromatic N) is 1. The lowest BCUT2D eigenvalue weighted by molar-refractivity contribution is 0.0109. The lowest BCUT2D eigenvalue weighted by atomic mass is 9.93. The summed E-state index contributed by atoms with van der Waals surface area (Å²) in [5.41, 5.74) is 5.83. The molecule has 0 saturated carbocycles. The van der Waals surface area contributed by atoms with Crippen LogP contribution < -0.4 is 4.74 Å². The Kier molecular flexibility index (Phi) is 4.42. The van der Waals surface area contributed by atoms with Crippen molar-refractivity contribution in [2.45, 2.75) is 63.8 Å². The molecule has 3 unspecified atom stereocenters. The van der Waals surface area contributed by atoms with E-state index in [0.29, 0.717) is 12.1 Å². The van der Waals surface area contributed by atoms with Crippen LogP contribution >= 0.6 is 0 Å². The molecule has 0 N–H and O–H groups in total. The molecular weight excluding hydrogens is 366 g/mol. The fourth-order valence-corrected chi connectivity index (χ4v) is 5.97. The van der Waals surface area contributed by atoms with Gasteiger partial charge in [0.15, 0.2) is 6.23 Å². The van der Waals surface area contributed by atoms with E-state index in [2.05, 4.69) is 78.6 Å². The van der Waals surface area contributed by atoms with E-state index in [4.69, 9.17) is 4.74 Å². The highest BCUT2D eigenvalue weighted by molar-refractivity contribution is 5.86. The van der Waals surface area contributed by atoms with Crippen molar-refractivity contribution < 1.29 is 4.74 Å². The van der Waals surface area contributed by atoms with Crippen molar-refractivity contribution in [3.63, 3.8) is 0 Å². The molecule has 2 aliphatic heterocycles. The maximum atomic E-state index is 6.57. The summed E-state index contributed by atoms with van der Waals surface area (Å²) in [6, 6.07) is 23.2. The van der Waals surface area contributed by atoms with Crippen LogP contribution in [0.3, 0.4) is 0 Å². The van der Waals surface area contributed by atoms with Crippen molar-refractivity contribution in [2.24, 2.45) is 0 Å². The Morgan fingerprint density at radius 3 is 2.73 bits per heavy atom. The highest BCUT2D eigenvalue weighted by atomic mass is 16.5. The van der Waals surface area contributed by atoms with Crippen molar-refractivity contribution in [1.29, 1.82) is 0 Å². The van der Waals surface area contributed by atoms with Gasteiger partial charge in [-0.3, -0.25) is 4.90 Å². The standard InChI is InChI=1S/C28H29NO/c1-19(30-28-11-5-9-21-8-4-10-27(21)28)29-25-14-15-26(29)18-24(17-25)23-13-12-20-6-2-3-7-22(20)16-23/h2-3,5-7,9,11-13,16-17,19,25-26H,4,8,10,14-15,18H2,1H3. The largest absolute Gasteiger partial charge is 0.475 e. The van der Waals surface area contributed by atoms with Crippen LogP contribution in [0.2, 0.25) is 0 Å². The second kappa shape index (κ2) is 7.28. The van der Waals surface area contributed by atoms with Gasteiger partial charge in [0.2, 0.25) is 0 Å². The predicted molar refractivity (Wildman–Crippen MR) is 124 cm³/mol. The van der Waals surface area contributed by atoms with Crippen molar-refractivity contribution in [2.75, 3.05) is 0 Å². The zero-order valence-electron chi connectivity index (χ0n) is 17.7. The Bertz CT molecular complexity index is 1130. The van der Waals surface area contributed by atoms with Crippen molar-refractivity contribution in [3.05, 3.63) is 83.4 Å². The van der Waals surface area contributed by atoms with Gasteiger partial charge in [-0.15, -0.1) is 0 Å². The Morgan fingerprint density at radius 1 is 0.933 bits per heavy atom. The average molecular weight is 396 g/mol. The van der Waals surface area contributed by atoms with Gasteiger partial charge < -0.3 is 4.74 Å². The fourth-order valence-electron chi connectivity index (χ4n) is 5.97. The highest BCUT2D eigenvalue weighted by Gasteiger charge is 2.40. The van der Waals surface area contributed by atoms with Gasteiger partial charge in [0.25, 0.3) is 0 Å². The van der Waals surface area contributed by atoms with E-state index in [1.54, 1.807) is 0 Å². The van der Waals surface area contributed by atoms with Crippen molar-refractivity contribution >= 4 is 16.3 Å². The zero-order chi connectivity index (χ0) is 20.1. The highest BCUT2D eigenvalue weighted by Crippen LogP contribution is 2.41. The Hall–Kier alpha value is -2.58. The summed E-state index contributed by atoms with van der Waals surface area (Å²) >= 11 is 0. The molecule has 152 valence electrons. The van der Waals surface area contributed by atoms with Gasteiger partial charge in [-0.2, -0.15) is 0 Å². The number of hydrogen-bond donors (Lipinski definition) is 0. The molecule has 2 heteroatoms. The van der Waals surface area contributed by atoms with Crippen molar-refractivity contribution in [1.82, 2.24) is 4.90 Å². The Balaban J connectivity index is 1.25. The maximum absolute atomic E-state index is 6.57. The summed E-state index contributed by atoms with van der Waals surface area (Å²) in [6.45, 7) is 2.24. The normalized spacial score (nSPS) is 24.0. The quantitative estimate of drug-likeness (QED) is 0.509. The molecule has 3 aliphatic rings. The van der Waals surface area contributed by atoms with Gasteiger partial charge in [0.05, 0.1) is 0 Å².